The molecule has 0 aliphatic carbocycles. The third-order valence-corrected chi connectivity index (χ3v) is 5.62. The minimum Gasteiger partial charge on any atom is -0.377 e. The van der Waals surface area contributed by atoms with Gasteiger partial charge in [0.2, 0.25) is 0 Å². The first-order valence-electron chi connectivity index (χ1n) is 6.83. The Morgan fingerprint density at radius 2 is 2.06 bits per heavy atom. The molecule has 0 amide bonds. The SMILES string of the molecule is CC1CS(=O)(=O)CCN1CCOC1CCNCC1. The van der Waals surface area contributed by atoms with Gasteiger partial charge in [0.1, 0.15) is 0 Å². The van der Waals surface area contributed by atoms with Gasteiger partial charge in [0, 0.05) is 19.1 Å². The molecule has 0 radical (unpaired) electrons. The lowest BCUT2D eigenvalue weighted by Crippen LogP contribution is -2.48. The van der Waals surface area contributed by atoms with Crippen LogP contribution in [-0.4, -0.2) is 69.8 Å². The number of hydrogen-bond donors (Lipinski definition) is 1. The van der Waals surface area contributed by atoms with E-state index in [1.54, 1.807) is 0 Å². The second-order valence-electron chi connectivity index (χ2n) is 5.32. The second kappa shape index (κ2) is 6.32. The van der Waals surface area contributed by atoms with Crippen LogP contribution in [0.2, 0.25) is 0 Å². The standard InChI is InChI=1S/C12H24N2O3S/c1-11-10-18(15,16)9-7-14(11)6-8-17-12-2-4-13-5-3-12/h11-13H,2-10H2,1H3. The van der Waals surface area contributed by atoms with Crippen LogP contribution in [-0.2, 0) is 14.6 Å². The molecule has 2 rings (SSSR count). The Morgan fingerprint density at radius 3 is 2.72 bits per heavy atom. The van der Waals surface area contributed by atoms with Gasteiger partial charge in [-0.2, -0.15) is 0 Å². The van der Waals surface area contributed by atoms with Crippen LogP contribution in [0.15, 0.2) is 0 Å². The normalized spacial score (nSPS) is 30.4. The van der Waals surface area contributed by atoms with Crippen LogP contribution in [0.25, 0.3) is 0 Å². The van der Waals surface area contributed by atoms with E-state index in [9.17, 15) is 8.42 Å². The molecule has 0 aromatic rings. The highest BCUT2D eigenvalue weighted by molar-refractivity contribution is 7.91. The van der Waals surface area contributed by atoms with Crippen LogP contribution < -0.4 is 5.32 Å². The molecule has 1 N–H and O–H groups in total. The highest BCUT2D eigenvalue weighted by Crippen LogP contribution is 2.12. The van der Waals surface area contributed by atoms with E-state index < -0.39 is 9.84 Å². The Balaban J connectivity index is 1.67. The summed E-state index contributed by atoms with van der Waals surface area (Å²) in [5.74, 6) is 0.588. The Bertz CT molecular complexity index is 352. The minimum atomic E-state index is -2.80. The van der Waals surface area contributed by atoms with Gasteiger partial charge >= 0.3 is 0 Å². The number of nitrogens with one attached hydrogen (secondary N) is 1. The highest BCUT2D eigenvalue weighted by atomic mass is 32.2. The van der Waals surface area contributed by atoms with E-state index in [1.165, 1.54) is 0 Å². The second-order valence-corrected chi connectivity index (χ2v) is 7.55. The number of hydrogen-bond acceptors (Lipinski definition) is 5. The maximum Gasteiger partial charge on any atom is 0.153 e. The van der Waals surface area contributed by atoms with Crippen molar-refractivity contribution in [3.8, 4) is 0 Å². The van der Waals surface area contributed by atoms with Gasteiger partial charge in [0.25, 0.3) is 0 Å². The lowest BCUT2D eigenvalue weighted by Gasteiger charge is -2.33. The topological polar surface area (TPSA) is 58.6 Å². The molecule has 5 nitrogen and oxygen atoms in total. The van der Waals surface area contributed by atoms with Crippen LogP contribution in [0.1, 0.15) is 19.8 Å². The van der Waals surface area contributed by atoms with Crippen LogP contribution in [0, 0.1) is 0 Å². The molecule has 0 spiro atoms. The van der Waals surface area contributed by atoms with E-state index >= 15 is 0 Å². The van der Waals surface area contributed by atoms with E-state index in [2.05, 4.69) is 10.2 Å². The van der Waals surface area contributed by atoms with Gasteiger partial charge in [-0.05, 0) is 32.9 Å². The van der Waals surface area contributed by atoms with Crippen LogP contribution in [0.5, 0.6) is 0 Å². The summed E-state index contributed by atoms with van der Waals surface area (Å²) in [5.41, 5.74) is 0. The van der Waals surface area contributed by atoms with Gasteiger partial charge in [-0.1, -0.05) is 0 Å². The molecule has 2 aliphatic rings. The smallest absolute Gasteiger partial charge is 0.153 e. The van der Waals surface area contributed by atoms with Crippen LogP contribution in [0.3, 0.4) is 0 Å². The zero-order chi connectivity index (χ0) is 13.0. The van der Waals surface area contributed by atoms with E-state index in [4.69, 9.17) is 4.74 Å². The molecule has 2 heterocycles. The molecule has 2 saturated heterocycles. The quantitative estimate of drug-likeness (QED) is 0.775. The molecule has 2 aliphatic heterocycles. The molecule has 1 atom stereocenters. The summed E-state index contributed by atoms with van der Waals surface area (Å²) in [4.78, 5) is 2.22. The summed E-state index contributed by atoms with van der Waals surface area (Å²) < 4.78 is 28.8. The van der Waals surface area contributed by atoms with Crippen molar-refractivity contribution in [1.82, 2.24) is 10.2 Å². The summed E-state index contributed by atoms with van der Waals surface area (Å²) in [6.45, 7) is 6.29. The molecular formula is C12H24N2O3S. The first kappa shape index (κ1) is 14.2. The average Bonchev–Trinajstić information content (AvgIpc) is 2.33. The lowest BCUT2D eigenvalue weighted by atomic mass is 10.1. The first-order valence-corrected chi connectivity index (χ1v) is 8.66. The molecule has 2 fully saturated rings. The number of ether oxygens (including phenoxy) is 1. The van der Waals surface area contributed by atoms with Gasteiger partial charge in [-0.25, -0.2) is 8.42 Å². The molecule has 0 aromatic heterocycles. The monoisotopic (exact) mass is 276 g/mol. The van der Waals surface area contributed by atoms with Crippen molar-refractivity contribution in [2.45, 2.75) is 31.9 Å². The molecule has 1 unspecified atom stereocenters. The van der Waals surface area contributed by atoms with Crippen LogP contribution >= 0.6 is 0 Å². The third-order valence-electron chi connectivity index (χ3n) is 3.83. The van der Waals surface area contributed by atoms with E-state index in [-0.39, 0.29) is 6.04 Å². The summed E-state index contributed by atoms with van der Waals surface area (Å²) in [7, 11) is -2.80. The van der Waals surface area contributed by atoms with Crippen molar-refractivity contribution >= 4 is 9.84 Å². The predicted molar refractivity (Wildman–Crippen MR) is 71.5 cm³/mol. The molecule has 6 heteroatoms. The number of piperidine rings is 1. The molecule has 0 bridgehead atoms. The summed E-state index contributed by atoms with van der Waals surface area (Å²) in [5, 5.41) is 3.31. The molecular weight excluding hydrogens is 252 g/mol. The van der Waals surface area contributed by atoms with Crippen molar-refractivity contribution in [2.75, 3.05) is 44.3 Å². The summed E-state index contributed by atoms with van der Waals surface area (Å²) in [6.07, 6.45) is 2.56. The Labute approximate surface area is 110 Å². The highest BCUT2D eigenvalue weighted by Gasteiger charge is 2.27. The van der Waals surface area contributed by atoms with E-state index in [0.29, 0.717) is 24.2 Å². The lowest BCUT2D eigenvalue weighted by molar-refractivity contribution is 0.0165. The average molecular weight is 276 g/mol. The molecule has 106 valence electrons. The minimum absolute atomic E-state index is 0.125. The molecule has 0 saturated carbocycles. The van der Waals surface area contributed by atoms with E-state index in [1.807, 2.05) is 6.92 Å². The van der Waals surface area contributed by atoms with Gasteiger partial charge < -0.3 is 10.1 Å². The van der Waals surface area contributed by atoms with Gasteiger partial charge in [0.05, 0.1) is 24.2 Å². The fraction of sp³-hybridized carbons (Fsp3) is 1.00. The zero-order valence-electron chi connectivity index (χ0n) is 11.1. The fourth-order valence-corrected chi connectivity index (χ4v) is 4.29. The van der Waals surface area contributed by atoms with Gasteiger partial charge in [-0.15, -0.1) is 0 Å². The predicted octanol–water partition coefficient (Wildman–Crippen LogP) is -0.126. The van der Waals surface area contributed by atoms with Gasteiger partial charge in [0.15, 0.2) is 9.84 Å². The fourth-order valence-electron chi connectivity index (χ4n) is 2.66. The Kier molecular flexibility index (Phi) is 5.00. The van der Waals surface area contributed by atoms with Crippen molar-refractivity contribution < 1.29 is 13.2 Å². The zero-order valence-corrected chi connectivity index (χ0v) is 11.9. The Morgan fingerprint density at radius 1 is 1.33 bits per heavy atom. The van der Waals surface area contributed by atoms with Crippen molar-refractivity contribution in [2.24, 2.45) is 0 Å². The largest absolute Gasteiger partial charge is 0.377 e. The third kappa shape index (κ3) is 4.19. The Hall–Kier alpha value is -0.170. The van der Waals surface area contributed by atoms with Crippen LogP contribution in [0.4, 0.5) is 0 Å². The van der Waals surface area contributed by atoms with Crippen molar-refractivity contribution in [1.29, 1.82) is 0 Å². The van der Waals surface area contributed by atoms with Crippen molar-refractivity contribution in [3.63, 3.8) is 0 Å². The van der Waals surface area contributed by atoms with E-state index in [0.717, 1.165) is 39.1 Å². The molecule has 0 aromatic carbocycles. The molecule has 18 heavy (non-hydrogen) atoms. The van der Waals surface area contributed by atoms with Crippen molar-refractivity contribution in [3.05, 3.63) is 0 Å². The first-order chi connectivity index (χ1) is 8.57. The summed E-state index contributed by atoms with van der Waals surface area (Å²) >= 11 is 0. The van der Waals surface area contributed by atoms with Gasteiger partial charge in [-0.3, -0.25) is 4.90 Å². The summed E-state index contributed by atoms with van der Waals surface area (Å²) in [6, 6.07) is 0.125. The maximum atomic E-state index is 11.5. The number of sulfone groups is 1. The number of rotatable bonds is 4. The number of nitrogens with zero attached hydrogens (tertiary/aromatic N) is 1. The maximum absolute atomic E-state index is 11.5.